The summed E-state index contributed by atoms with van der Waals surface area (Å²) >= 11 is 0. The molecule has 3 heterocycles. The van der Waals surface area contributed by atoms with E-state index in [0.717, 1.165) is 27.5 Å². The van der Waals surface area contributed by atoms with Crippen molar-refractivity contribution in [1.82, 2.24) is 19.7 Å². The maximum absolute atomic E-state index is 13.6. The Kier molecular flexibility index (Phi) is 7.67. The van der Waals surface area contributed by atoms with Crippen molar-refractivity contribution in [2.24, 2.45) is 7.05 Å². The molecule has 0 radical (unpaired) electrons. The highest BCUT2D eigenvalue weighted by Crippen LogP contribution is 2.49. The Bertz CT molecular complexity index is 1680. The first-order chi connectivity index (χ1) is 19.4. The Labute approximate surface area is 241 Å². The lowest BCUT2D eigenvalue weighted by atomic mass is 9.96. The summed E-state index contributed by atoms with van der Waals surface area (Å²) in [5.41, 5.74) is 4.60. The van der Waals surface area contributed by atoms with Gasteiger partial charge in [0.15, 0.2) is 0 Å². The summed E-state index contributed by atoms with van der Waals surface area (Å²) in [6.45, 7) is 15.3. The first kappa shape index (κ1) is 28.8. The van der Waals surface area contributed by atoms with Crippen molar-refractivity contribution in [1.29, 1.82) is 0 Å². The van der Waals surface area contributed by atoms with Crippen molar-refractivity contribution < 1.29 is 18.3 Å². The number of rotatable bonds is 9. The van der Waals surface area contributed by atoms with Crippen LogP contribution in [0, 0.1) is 12.7 Å². The highest BCUT2D eigenvalue weighted by molar-refractivity contribution is 6.78. The average Bonchev–Trinajstić information content (AvgIpc) is 3.46. The predicted octanol–water partition coefficient (Wildman–Crippen LogP) is 8.00. The molecule has 2 aromatic carbocycles. The Hall–Kier alpha value is -3.72. The van der Waals surface area contributed by atoms with Gasteiger partial charge in [-0.05, 0) is 57.9 Å². The van der Waals surface area contributed by atoms with Crippen LogP contribution in [-0.2, 0) is 19.9 Å². The second-order valence-electron chi connectivity index (χ2n) is 12.0. The lowest BCUT2D eigenvalue weighted by molar-refractivity contribution is 0.434. The lowest BCUT2D eigenvalue weighted by Crippen LogP contribution is -2.50. The van der Waals surface area contributed by atoms with E-state index in [1.54, 1.807) is 23.6 Å². The minimum atomic E-state index is -2.42. The summed E-state index contributed by atoms with van der Waals surface area (Å²) < 4.78 is 28.4. The summed E-state index contributed by atoms with van der Waals surface area (Å²) in [5, 5.41) is 22.1. The molecule has 216 valence electrons. The third-order valence-corrected chi connectivity index (χ3v) is 14.4. The van der Waals surface area contributed by atoms with Crippen LogP contribution in [0.3, 0.4) is 0 Å². The molecule has 0 aliphatic heterocycles. The molecule has 0 unspecified atom stereocenters. The Morgan fingerprint density at radius 1 is 0.951 bits per heavy atom. The summed E-state index contributed by atoms with van der Waals surface area (Å²) in [4.78, 5) is 5.00. The number of aryl methyl sites for hydroxylation is 2. The number of halogens is 1. The monoisotopic (exact) mass is 574 g/mol. The standard InChI is InChI=1S/C32H39FN4O3Si/c1-18(2)41(19(3)4,20(5)6)40-31-29-27(17-37(8)32(29)38)25(15-28-36-35-21(7)39-28)26-14-23(16-34-30(26)31)13-22-9-11-24(33)12-10-22/h9-12,14,16-20,38H,13,15H2,1-8H3. The zero-order chi connectivity index (χ0) is 29.6. The fraction of sp³-hybridized carbons (Fsp3) is 0.406. The molecule has 5 aromatic rings. The van der Waals surface area contributed by atoms with Crippen LogP contribution in [0.4, 0.5) is 4.39 Å². The highest BCUT2D eigenvalue weighted by atomic mass is 28.4. The topological polar surface area (TPSA) is 86.2 Å². The summed E-state index contributed by atoms with van der Waals surface area (Å²) in [5.74, 6) is 1.49. The molecule has 5 rings (SSSR count). The van der Waals surface area contributed by atoms with E-state index < -0.39 is 8.32 Å². The molecule has 7 nitrogen and oxygen atoms in total. The Balaban J connectivity index is 1.81. The zero-order valence-electron chi connectivity index (χ0n) is 25.1. The maximum atomic E-state index is 13.6. The second-order valence-corrected chi connectivity index (χ2v) is 17.4. The molecule has 0 saturated heterocycles. The number of aromatic hydroxyl groups is 1. The van der Waals surface area contributed by atoms with Gasteiger partial charge in [0.1, 0.15) is 17.1 Å². The molecule has 0 amide bonds. The number of hydrogen-bond acceptors (Lipinski definition) is 6. The third kappa shape index (κ3) is 5.12. The van der Waals surface area contributed by atoms with E-state index >= 15 is 0 Å². The molecular formula is C32H39FN4O3Si. The number of benzene rings is 2. The van der Waals surface area contributed by atoms with Gasteiger partial charge in [0.05, 0.1) is 11.8 Å². The van der Waals surface area contributed by atoms with Crippen molar-refractivity contribution in [3.8, 4) is 11.6 Å². The molecule has 1 N–H and O–H groups in total. The number of hydrogen-bond donors (Lipinski definition) is 1. The number of fused-ring (bicyclic) bond motifs is 2. The van der Waals surface area contributed by atoms with Gasteiger partial charge in [0.25, 0.3) is 8.32 Å². The highest BCUT2D eigenvalue weighted by Gasteiger charge is 2.48. The average molecular weight is 575 g/mol. The molecule has 0 bridgehead atoms. The minimum Gasteiger partial charge on any atom is -0.541 e. The van der Waals surface area contributed by atoms with E-state index in [-0.39, 0.29) is 11.7 Å². The van der Waals surface area contributed by atoms with Crippen molar-refractivity contribution in [2.75, 3.05) is 0 Å². The Morgan fingerprint density at radius 3 is 2.20 bits per heavy atom. The summed E-state index contributed by atoms with van der Waals surface area (Å²) in [6, 6.07) is 8.67. The quantitative estimate of drug-likeness (QED) is 0.180. The van der Waals surface area contributed by atoms with Crippen LogP contribution in [-0.4, -0.2) is 33.2 Å². The molecule has 0 aliphatic rings. The zero-order valence-corrected chi connectivity index (χ0v) is 26.1. The SMILES string of the molecule is Cc1nnc(Cc2c3cc(Cc4ccc(F)cc4)cnc3c(O[Si](C(C)C)(C(C)C)C(C)C)c3c(O)n(C)cc23)o1. The number of pyridine rings is 1. The first-order valence-corrected chi connectivity index (χ1v) is 16.4. The van der Waals surface area contributed by atoms with E-state index in [1.807, 2.05) is 19.4 Å². The third-order valence-electron chi connectivity index (χ3n) is 8.39. The van der Waals surface area contributed by atoms with E-state index in [1.165, 1.54) is 12.1 Å². The lowest BCUT2D eigenvalue weighted by Gasteiger charge is -2.42. The van der Waals surface area contributed by atoms with Crippen molar-refractivity contribution in [3.05, 3.63) is 77.0 Å². The molecule has 0 aliphatic carbocycles. The predicted molar refractivity (Wildman–Crippen MR) is 163 cm³/mol. The Morgan fingerprint density at radius 2 is 1.61 bits per heavy atom. The van der Waals surface area contributed by atoms with Gasteiger partial charge < -0.3 is 18.5 Å². The van der Waals surface area contributed by atoms with E-state index in [2.05, 4.69) is 57.8 Å². The minimum absolute atomic E-state index is 0.135. The second kappa shape index (κ2) is 10.9. The number of aromatic nitrogens is 4. The molecule has 0 atom stereocenters. The van der Waals surface area contributed by atoms with Gasteiger partial charge in [0, 0.05) is 37.1 Å². The summed E-state index contributed by atoms with van der Waals surface area (Å²) in [6.07, 6.45) is 4.76. The van der Waals surface area contributed by atoms with Crippen LogP contribution in [0.2, 0.25) is 16.6 Å². The normalized spacial score (nSPS) is 12.5. The van der Waals surface area contributed by atoms with Gasteiger partial charge in [-0.2, -0.15) is 0 Å². The fourth-order valence-corrected chi connectivity index (χ4v) is 11.8. The van der Waals surface area contributed by atoms with Crippen LogP contribution in [0.15, 0.2) is 47.1 Å². The first-order valence-electron chi connectivity index (χ1n) is 14.3. The van der Waals surface area contributed by atoms with Crippen LogP contribution in [0.1, 0.15) is 70.0 Å². The molecule has 41 heavy (non-hydrogen) atoms. The van der Waals surface area contributed by atoms with E-state index in [4.69, 9.17) is 13.8 Å². The van der Waals surface area contributed by atoms with Crippen molar-refractivity contribution >= 4 is 30.0 Å². The molecule has 9 heteroatoms. The van der Waals surface area contributed by atoms with Gasteiger partial charge >= 0.3 is 0 Å². The smallest absolute Gasteiger partial charge is 0.258 e. The summed E-state index contributed by atoms with van der Waals surface area (Å²) in [7, 11) is -0.592. The largest absolute Gasteiger partial charge is 0.541 e. The molecular weight excluding hydrogens is 535 g/mol. The molecule has 0 spiro atoms. The van der Waals surface area contributed by atoms with E-state index in [0.29, 0.717) is 57.9 Å². The van der Waals surface area contributed by atoms with E-state index in [9.17, 15) is 9.50 Å². The van der Waals surface area contributed by atoms with Crippen molar-refractivity contribution in [3.63, 3.8) is 0 Å². The van der Waals surface area contributed by atoms with Crippen LogP contribution >= 0.6 is 0 Å². The molecule has 3 aromatic heterocycles. The molecule has 0 fully saturated rings. The van der Waals surface area contributed by atoms with Gasteiger partial charge in [0.2, 0.25) is 17.7 Å². The van der Waals surface area contributed by atoms with Gasteiger partial charge in [-0.25, -0.2) is 4.39 Å². The van der Waals surface area contributed by atoms with Crippen LogP contribution in [0.25, 0.3) is 21.7 Å². The van der Waals surface area contributed by atoms with Gasteiger partial charge in [-0.15, -0.1) is 10.2 Å². The van der Waals surface area contributed by atoms with Gasteiger partial charge in [-0.3, -0.25) is 4.98 Å². The maximum Gasteiger partial charge on any atom is 0.258 e. The molecule has 0 saturated carbocycles. The number of nitrogens with zero attached hydrogens (tertiary/aromatic N) is 4. The van der Waals surface area contributed by atoms with Crippen molar-refractivity contribution in [2.45, 2.75) is 77.9 Å². The van der Waals surface area contributed by atoms with Crippen LogP contribution < -0.4 is 4.43 Å². The fourth-order valence-electron chi connectivity index (χ4n) is 6.57. The van der Waals surface area contributed by atoms with Crippen LogP contribution in [0.5, 0.6) is 11.6 Å². The van der Waals surface area contributed by atoms with Gasteiger partial charge in [-0.1, -0.05) is 53.7 Å².